The summed E-state index contributed by atoms with van der Waals surface area (Å²) in [6.45, 7) is 8.78. The Balaban J connectivity index is 1.87. The first-order chi connectivity index (χ1) is 15.3. The average Bonchev–Trinajstić information content (AvgIpc) is 3.12. The Kier molecular flexibility index (Phi) is 6.01. The molecule has 3 aromatic heterocycles. The lowest BCUT2D eigenvalue weighted by Gasteiger charge is -2.14. The normalized spacial score (nSPS) is 12.3. The molecule has 7 heteroatoms. The van der Waals surface area contributed by atoms with E-state index in [1.807, 2.05) is 44.6 Å². The van der Waals surface area contributed by atoms with Crippen molar-refractivity contribution in [3.05, 3.63) is 78.4 Å². The molecule has 0 aliphatic rings. The van der Waals surface area contributed by atoms with Crippen LogP contribution in [0, 0.1) is 5.82 Å². The summed E-state index contributed by atoms with van der Waals surface area (Å²) in [6.07, 6.45) is 3.74. The monoisotopic (exact) mass is 430 g/mol. The van der Waals surface area contributed by atoms with Gasteiger partial charge in [0, 0.05) is 30.5 Å². The molecule has 1 atom stereocenters. The molecule has 1 unspecified atom stereocenters. The lowest BCUT2D eigenvalue weighted by Crippen LogP contribution is -2.17. The van der Waals surface area contributed by atoms with Crippen molar-refractivity contribution in [3.63, 3.8) is 0 Å². The van der Waals surface area contributed by atoms with E-state index in [4.69, 9.17) is 9.97 Å². The smallest absolute Gasteiger partial charge is 0.223 e. The minimum absolute atomic E-state index is 0.0394. The highest BCUT2D eigenvalue weighted by Gasteiger charge is 2.18. The topological polar surface area (TPSA) is 58.4 Å². The number of pyridine rings is 1. The zero-order chi connectivity index (χ0) is 22.8. The maximum absolute atomic E-state index is 13.6. The molecule has 0 spiro atoms. The molecule has 3 heterocycles. The van der Waals surface area contributed by atoms with E-state index in [-0.39, 0.29) is 11.9 Å². The van der Waals surface area contributed by atoms with Crippen LogP contribution >= 0.6 is 0 Å². The van der Waals surface area contributed by atoms with Gasteiger partial charge in [0.1, 0.15) is 11.5 Å². The van der Waals surface area contributed by atoms with Gasteiger partial charge in [-0.15, -0.1) is 0 Å². The van der Waals surface area contributed by atoms with Crippen LogP contribution in [0.3, 0.4) is 0 Å². The number of hydrogen-bond donors (Lipinski definition) is 1. The molecule has 0 saturated heterocycles. The quantitative estimate of drug-likeness (QED) is 0.417. The number of nitrogens with zero attached hydrogens (tertiary/aromatic N) is 5. The van der Waals surface area contributed by atoms with Gasteiger partial charge in [-0.1, -0.05) is 12.2 Å². The number of benzene rings is 1. The summed E-state index contributed by atoms with van der Waals surface area (Å²) >= 11 is 0. The summed E-state index contributed by atoms with van der Waals surface area (Å²) in [5.74, 6) is 0.233. The first kappa shape index (κ1) is 21.6. The molecule has 0 aliphatic heterocycles. The molecule has 32 heavy (non-hydrogen) atoms. The van der Waals surface area contributed by atoms with Crippen LogP contribution in [0.5, 0.6) is 0 Å². The van der Waals surface area contributed by atoms with Gasteiger partial charge in [-0.05, 0) is 76.0 Å². The third-order valence-corrected chi connectivity index (χ3v) is 5.29. The number of nitrogens with one attached hydrogen (secondary N) is 1. The molecule has 0 aliphatic carbocycles. The highest BCUT2D eigenvalue weighted by Crippen LogP contribution is 2.32. The van der Waals surface area contributed by atoms with Crippen molar-refractivity contribution in [2.24, 2.45) is 0 Å². The average molecular weight is 431 g/mol. The highest BCUT2D eigenvalue weighted by atomic mass is 19.1. The minimum atomic E-state index is -0.283. The third kappa shape index (κ3) is 4.53. The molecule has 4 rings (SSSR count). The highest BCUT2D eigenvalue weighted by molar-refractivity contribution is 5.80. The Morgan fingerprint density at radius 2 is 1.91 bits per heavy atom. The summed E-state index contributed by atoms with van der Waals surface area (Å²) in [4.78, 5) is 16.1. The molecule has 1 N–H and O–H groups in total. The first-order valence-corrected chi connectivity index (χ1v) is 10.5. The molecule has 0 fully saturated rings. The van der Waals surface area contributed by atoms with Gasteiger partial charge < -0.3 is 10.2 Å². The van der Waals surface area contributed by atoms with Gasteiger partial charge in [0.15, 0.2) is 0 Å². The van der Waals surface area contributed by atoms with Crippen LogP contribution in [0.1, 0.15) is 19.4 Å². The van der Waals surface area contributed by atoms with Crippen LogP contribution in [-0.2, 0) is 6.54 Å². The van der Waals surface area contributed by atoms with Crippen LogP contribution in [0.4, 0.5) is 10.3 Å². The molecular weight excluding hydrogens is 403 g/mol. The Hall–Kier alpha value is -3.58. The van der Waals surface area contributed by atoms with E-state index in [2.05, 4.69) is 33.9 Å². The van der Waals surface area contributed by atoms with Crippen molar-refractivity contribution < 1.29 is 4.39 Å². The van der Waals surface area contributed by atoms with Crippen LogP contribution in [0.2, 0.25) is 0 Å². The third-order valence-electron chi connectivity index (χ3n) is 5.29. The molecule has 0 amide bonds. The summed E-state index contributed by atoms with van der Waals surface area (Å²) in [6, 6.07) is 12.4. The molecule has 1 aromatic carbocycles. The second-order valence-corrected chi connectivity index (χ2v) is 8.29. The van der Waals surface area contributed by atoms with Gasteiger partial charge in [0.05, 0.1) is 17.1 Å². The van der Waals surface area contributed by atoms with Crippen molar-refractivity contribution >= 4 is 11.6 Å². The van der Waals surface area contributed by atoms with Crippen molar-refractivity contribution in [1.82, 2.24) is 24.3 Å². The van der Waals surface area contributed by atoms with E-state index >= 15 is 0 Å². The Morgan fingerprint density at radius 1 is 1.16 bits per heavy atom. The fraction of sp³-hybridized carbons (Fsp3) is 0.240. The number of hydrogen-bond acceptors (Lipinski definition) is 5. The second-order valence-electron chi connectivity index (χ2n) is 8.29. The van der Waals surface area contributed by atoms with Gasteiger partial charge in [-0.3, -0.25) is 4.40 Å². The molecule has 0 radical (unpaired) electrons. The SMILES string of the molecule is C=C(C)C(C)Nc1nccc(-c2c(-c3ccc(F)cc3)nc3cc(CN(C)C)ccn23)n1. The summed E-state index contributed by atoms with van der Waals surface area (Å²) in [7, 11) is 4.07. The van der Waals surface area contributed by atoms with Crippen LogP contribution < -0.4 is 5.32 Å². The number of anilines is 1. The number of imidazole rings is 1. The number of aromatic nitrogens is 4. The van der Waals surface area contributed by atoms with E-state index in [1.54, 1.807) is 18.3 Å². The molecule has 0 saturated carbocycles. The summed E-state index contributed by atoms with van der Waals surface area (Å²) < 4.78 is 15.6. The van der Waals surface area contributed by atoms with Crippen molar-refractivity contribution in [1.29, 1.82) is 0 Å². The Bertz CT molecular complexity index is 1260. The molecule has 4 aromatic rings. The number of rotatable bonds is 7. The second kappa shape index (κ2) is 8.88. The minimum Gasteiger partial charge on any atom is -0.348 e. The number of fused-ring (bicyclic) bond motifs is 1. The molecular formula is C25H27FN6. The van der Waals surface area contributed by atoms with E-state index in [9.17, 15) is 4.39 Å². The summed E-state index contributed by atoms with van der Waals surface area (Å²) in [5.41, 5.74) is 6.08. The van der Waals surface area contributed by atoms with E-state index in [1.165, 1.54) is 12.1 Å². The fourth-order valence-electron chi connectivity index (χ4n) is 3.48. The van der Waals surface area contributed by atoms with Crippen LogP contribution in [0.15, 0.2) is 67.0 Å². The zero-order valence-electron chi connectivity index (χ0n) is 18.8. The Morgan fingerprint density at radius 3 is 2.59 bits per heavy atom. The van der Waals surface area contributed by atoms with Crippen LogP contribution in [0.25, 0.3) is 28.3 Å². The van der Waals surface area contributed by atoms with E-state index in [0.717, 1.165) is 46.0 Å². The van der Waals surface area contributed by atoms with Crippen molar-refractivity contribution in [2.75, 3.05) is 19.4 Å². The van der Waals surface area contributed by atoms with E-state index in [0.29, 0.717) is 5.95 Å². The largest absolute Gasteiger partial charge is 0.348 e. The molecule has 0 bridgehead atoms. The van der Waals surface area contributed by atoms with Gasteiger partial charge >= 0.3 is 0 Å². The molecule has 164 valence electrons. The lowest BCUT2D eigenvalue weighted by molar-refractivity contribution is 0.402. The Labute approximate surface area is 187 Å². The fourth-order valence-corrected chi connectivity index (χ4v) is 3.48. The van der Waals surface area contributed by atoms with E-state index < -0.39 is 0 Å². The van der Waals surface area contributed by atoms with Gasteiger partial charge in [-0.2, -0.15) is 0 Å². The standard InChI is InChI=1S/C25H27FN6/c1-16(2)17(3)28-25-27-12-10-21(29-25)24-23(19-6-8-20(26)9-7-19)30-22-14-18(15-31(4)5)11-13-32(22)24/h6-14,17H,1,15H2,2-5H3,(H,27,28,29). The maximum Gasteiger partial charge on any atom is 0.223 e. The lowest BCUT2D eigenvalue weighted by atomic mass is 10.1. The van der Waals surface area contributed by atoms with Crippen molar-refractivity contribution in [2.45, 2.75) is 26.4 Å². The van der Waals surface area contributed by atoms with Gasteiger partial charge in [-0.25, -0.2) is 19.3 Å². The zero-order valence-corrected chi connectivity index (χ0v) is 18.8. The predicted molar refractivity (Wildman–Crippen MR) is 127 cm³/mol. The van der Waals surface area contributed by atoms with Crippen LogP contribution in [-0.4, -0.2) is 44.4 Å². The maximum atomic E-state index is 13.6. The molecule has 6 nitrogen and oxygen atoms in total. The summed E-state index contributed by atoms with van der Waals surface area (Å²) in [5, 5.41) is 3.28. The number of halogens is 1. The van der Waals surface area contributed by atoms with Crippen molar-refractivity contribution in [3.8, 4) is 22.6 Å². The predicted octanol–water partition coefficient (Wildman–Crippen LogP) is 5.04. The first-order valence-electron chi connectivity index (χ1n) is 10.5. The van der Waals surface area contributed by atoms with Gasteiger partial charge in [0.2, 0.25) is 5.95 Å². The van der Waals surface area contributed by atoms with Gasteiger partial charge in [0.25, 0.3) is 0 Å².